The molecule has 0 N–H and O–H groups in total. The number of piperidine rings is 1. The van der Waals surface area contributed by atoms with Gasteiger partial charge in [-0.2, -0.15) is 0 Å². The zero-order valence-electron chi connectivity index (χ0n) is 16.0. The molecule has 0 radical (unpaired) electrons. The van der Waals surface area contributed by atoms with Crippen molar-refractivity contribution >= 4 is 33.5 Å². The number of carbonyl (C=O) groups is 1. The average molecular weight is 464 g/mol. The van der Waals surface area contributed by atoms with Crippen LogP contribution >= 0.6 is 27.5 Å². The molecule has 2 atom stereocenters. The monoisotopic (exact) mass is 462 g/mol. The van der Waals surface area contributed by atoms with Gasteiger partial charge in [-0.05, 0) is 90.0 Å². The van der Waals surface area contributed by atoms with Gasteiger partial charge in [-0.15, -0.1) is 0 Å². The first kappa shape index (κ1) is 19.9. The third-order valence-electron chi connectivity index (χ3n) is 5.72. The number of nitrogens with zero attached hydrogens (tertiary/aromatic N) is 2. The number of ether oxygens (including phenoxy) is 1. The first-order valence-corrected chi connectivity index (χ1v) is 11.1. The maximum Gasteiger partial charge on any atom is 0.323 e. The van der Waals surface area contributed by atoms with Crippen LogP contribution in [0.15, 0.2) is 34.9 Å². The quantitative estimate of drug-likeness (QED) is 0.594. The predicted octanol–water partition coefficient (Wildman–Crippen LogP) is 5.10. The number of rotatable bonds is 3. The first-order valence-electron chi connectivity index (χ1n) is 9.93. The number of benzene rings is 1. The lowest BCUT2D eigenvalue weighted by Crippen LogP contribution is -2.48. The van der Waals surface area contributed by atoms with Gasteiger partial charge in [-0.25, -0.2) is 0 Å². The van der Waals surface area contributed by atoms with Crippen LogP contribution in [0.3, 0.4) is 0 Å². The lowest BCUT2D eigenvalue weighted by Gasteiger charge is -2.40. The van der Waals surface area contributed by atoms with E-state index < -0.39 is 0 Å². The topological polar surface area (TPSA) is 42.4 Å². The molecule has 1 aromatic heterocycles. The molecule has 1 aliphatic heterocycles. The van der Waals surface area contributed by atoms with Crippen molar-refractivity contribution in [1.82, 2.24) is 9.88 Å². The lowest BCUT2D eigenvalue weighted by molar-refractivity contribution is -0.151. The summed E-state index contributed by atoms with van der Waals surface area (Å²) >= 11 is 9.87. The zero-order chi connectivity index (χ0) is 19.7. The fourth-order valence-electron chi connectivity index (χ4n) is 4.50. The van der Waals surface area contributed by atoms with Crippen LogP contribution < -0.4 is 0 Å². The van der Waals surface area contributed by atoms with Crippen molar-refractivity contribution in [2.75, 3.05) is 13.2 Å². The third-order valence-corrected chi connectivity index (χ3v) is 6.39. The Balaban J connectivity index is 1.85. The second kappa shape index (κ2) is 8.52. The van der Waals surface area contributed by atoms with Crippen LogP contribution in [0.5, 0.6) is 0 Å². The Morgan fingerprint density at radius 3 is 2.93 bits per heavy atom. The number of halogens is 2. The Morgan fingerprint density at radius 2 is 2.11 bits per heavy atom. The standard InChI is InChI=1S/C22H24BrClN2O2/c1-2-28-22(27)19-5-3-4-10-26(19)21-18-9-8-17(24)12-14(18)6-7-15-11-16(23)13-25-20(15)21/h8-9,11-13,19,21H,2-7,10H2,1H3/t19-,21?/m0/s1. The predicted molar refractivity (Wildman–Crippen MR) is 114 cm³/mol. The molecule has 4 rings (SSSR count). The molecule has 0 spiro atoms. The number of aromatic nitrogens is 1. The highest BCUT2D eigenvalue weighted by molar-refractivity contribution is 9.10. The fourth-order valence-corrected chi connectivity index (χ4v) is 5.08. The smallest absolute Gasteiger partial charge is 0.323 e. The molecule has 2 aromatic rings. The molecule has 1 aromatic carbocycles. The number of carbonyl (C=O) groups excluding carboxylic acids is 1. The van der Waals surface area contributed by atoms with Crippen molar-refractivity contribution in [2.24, 2.45) is 0 Å². The van der Waals surface area contributed by atoms with E-state index in [0.717, 1.165) is 53.8 Å². The number of hydrogen-bond acceptors (Lipinski definition) is 4. The second-order valence-corrected chi connectivity index (χ2v) is 8.80. The summed E-state index contributed by atoms with van der Waals surface area (Å²) in [5.74, 6) is -0.124. The molecule has 1 fully saturated rings. The second-order valence-electron chi connectivity index (χ2n) is 7.45. The highest BCUT2D eigenvalue weighted by atomic mass is 79.9. The molecule has 0 bridgehead atoms. The summed E-state index contributed by atoms with van der Waals surface area (Å²) in [6, 6.07) is 7.98. The molecule has 2 aliphatic rings. The molecule has 1 unspecified atom stereocenters. The molecule has 1 aliphatic carbocycles. The van der Waals surface area contributed by atoms with Gasteiger partial charge in [0, 0.05) is 15.7 Å². The molecule has 6 heteroatoms. The van der Waals surface area contributed by atoms with Gasteiger partial charge in [-0.1, -0.05) is 24.1 Å². The third kappa shape index (κ3) is 3.85. The molecule has 28 heavy (non-hydrogen) atoms. The maximum atomic E-state index is 12.8. The van der Waals surface area contributed by atoms with Crippen molar-refractivity contribution in [3.8, 4) is 0 Å². The Morgan fingerprint density at radius 1 is 1.29 bits per heavy atom. The van der Waals surface area contributed by atoms with Gasteiger partial charge in [0.15, 0.2) is 0 Å². The van der Waals surface area contributed by atoms with Crippen LogP contribution in [-0.2, 0) is 22.4 Å². The maximum absolute atomic E-state index is 12.8. The number of esters is 1. The van der Waals surface area contributed by atoms with Gasteiger partial charge < -0.3 is 4.74 Å². The Labute approximate surface area is 179 Å². The van der Waals surface area contributed by atoms with E-state index in [9.17, 15) is 4.79 Å². The summed E-state index contributed by atoms with van der Waals surface area (Å²) in [6.07, 6.45) is 6.61. The fraction of sp³-hybridized carbons (Fsp3) is 0.455. The Hall–Kier alpha value is -1.43. The molecular formula is C22H24BrClN2O2. The van der Waals surface area contributed by atoms with Crippen LogP contribution in [0.2, 0.25) is 5.02 Å². The molecule has 148 valence electrons. The van der Waals surface area contributed by atoms with E-state index in [-0.39, 0.29) is 18.1 Å². The van der Waals surface area contributed by atoms with Gasteiger partial charge >= 0.3 is 5.97 Å². The minimum Gasteiger partial charge on any atom is -0.465 e. The largest absolute Gasteiger partial charge is 0.465 e. The van der Waals surface area contributed by atoms with Gasteiger partial charge in [0.2, 0.25) is 0 Å². The van der Waals surface area contributed by atoms with Crippen LogP contribution in [0.1, 0.15) is 54.6 Å². The molecule has 0 saturated carbocycles. The summed E-state index contributed by atoms with van der Waals surface area (Å²) in [5.41, 5.74) is 4.70. The van der Waals surface area contributed by atoms with E-state index in [1.165, 1.54) is 16.7 Å². The minimum atomic E-state index is -0.237. The van der Waals surface area contributed by atoms with E-state index in [1.807, 2.05) is 19.2 Å². The summed E-state index contributed by atoms with van der Waals surface area (Å²) in [7, 11) is 0. The summed E-state index contributed by atoms with van der Waals surface area (Å²) < 4.78 is 6.40. The van der Waals surface area contributed by atoms with Crippen LogP contribution in [0.25, 0.3) is 0 Å². The molecule has 2 heterocycles. The van der Waals surface area contributed by atoms with Crippen LogP contribution in [0, 0.1) is 0 Å². The van der Waals surface area contributed by atoms with Crippen molar-refractivity contribution < 1.29 is 9.53 Å². The summed E-state index contributed by atoms with van der Waals surface area (Å²) in [6.45, 7) is 3.12. The Kier molecular flexibility index (Phi) is 6.04. The normalized spacial score (nSPS) is 22.1. The van der Waals surface area contributed by atoms with E-state index in [0.29, 0.717) is 6.61 Å². The summed E-state index contributed by atoms with van der Waals surface area (Å²) in [4.78, 5) is 19.9. The molecular weight excluding hydrogens is 440 g/mol. The van der Waals surface area contributed by atoms with E-state index >= 15 is 0 Å². The molecule has 0 amide bonds. The van der Waals surface area contributed by atoms with Crippen molar-refractivity contribution in [3.05, 3.63) is 62.3 Å². The molecule has 4 nitrogen and oxygen atoms in total. The molecule has 1 saturated heterocycles. The van der Waals surface area contributed by atoms with Crippen molar-refractivity contribution in [3.63, 3.8) is 0 Å². The van der Waals surface area contributed by atoms with Gasteiger partial charge in [0.25, 0.3) is 0 Å². The van der Waals surface area contributed by atoms with Crippen molar-refractivity contribution in [1.29, 1.82) is 0 Å². The number of fused-ring (bicyclic) bond motifs is 2. The summed E-state index contributed by atoms with van der Waals surface area (Å²) in [5, 5.41) is 0.748. The van der Waals surface area contributed by atoms with Crippen LogP contribution in [0.4, 0.5) is 0 Å². The average Bonchev–Trinajstić information content (AvgIpc) is 2.84. The van der Waals surface area contributed by atoms with Gasteiger partial charge in [0.1, 0.15) is 6.04 Å². The lowest BCUT2D eigenvalue weighted by atomic mass is 9.92. The van der Waals surface area contributed by atoms with E-state index in [2.05, 4.69) is 39.0 Å². The highest BCUT2D eigenvalue weighted by Crippen LogP contribution is 2.40. The minimum absolute atomic E-state index is 0.0624. The number of hydrogen-bond donors (Lipinski definition) is 0. The van der Waals surface area contributed by atoms with Gasteiger partial charge in [0.05, 0.1) is 18.3 Å². The first-order chi connectivity index (χ1) is 13.6. The highest BCUT2D eigenvalue weighted by Gasteiger charge is 2.39. The SMILES string of the molecule is CCOC(=O)[C@@H]1CCCCN1C1c2ccc(Cl)cc2CCc2cc(Br)cnc21. The van der Waals surface area contributed by atoms with Gasteiger partial charge in [-0.3, -0.25) is 14.7 Å². The number of likely N-dealkylation sites (tertiary alicyclic amines) is 1. The van der Waals surface area contributed by atoms with E-state index in [1.54, 1.807) is 0 Å². The zero-order valence-corrected chi connectivity index (χ0v) is 18.3. The number of pyridine rings is 1. The Bertz CT molecular complexity index is 835. The van der Waals surface area contributed by atoms with Crippen molar-refractivity contribution in [2.45, 2.75) is 51.1 Å². The number of aryl methyl sites for hydroxylation is 2. The van der Waals surface area contributed by atoms with Crippen LogP contribution in [-0.4, -0.2) is 35.0 Å². The van der Waals surface area contributed by atoms with E-state index in [4.69, 9.17) is 21.3 Å².